The van der Waals surface area contributed by atoms with Gasteiger partial charge in [0.25, 0.3) is 11.8 Å². The molecule has 0 radical (unpaired) electrons. The Balaban J connectivity index is 2.00. The Bertz CT molecular complexity index is 803. The van der Waals surface area contributed by atoms with Crippen molar-refractivity contribution >= 4 is 23.4 Å². The summed E-state index contributed by atoms with van der Waals surface area (Å²) in [6, 6.07) is 10.2. The molecule has 23 heavy (non-hydrogen) atoms. The van der Waals surface area contributed by atoms with Crippen LogP contribution >= 0.6 is 11.6 Å². The van der Waals surface area contributed by atoms with Crippen molar-refractivity contribution < 1.29 is 19.1 Å². The zero-order chi connectivity index (χ0) is 16.6. The highest BCUT2D eigenvalue weighted by Crippen LogP contribution is 2.38. The van der Waals surface area contributed by atoms with Crippen molar-refractivity contribution in [2.75, 3.05) is 14.2 Å². The molecular weight excluding hydrogens is 318 g/mol. The first kappa shape index (κ1) is 15.4. The number of halogens is 1. The summed E-state index contributed by atoms with van der Waals surface area (Å²) in [7, 11) is 2.92. The largest absolute Gasteiger partial charge is 0.493 e. The Morgan fingerprint density at radius 3 is 2.48 bits per heavy atom. The molecule has 0 N–H and O–H groups in total. The Morgan fingerprint density at radius 1 is 1.04 bits per heavy atom. The van der Waals surface area contributed by atoms with E-state index in [0.717, 1.165) is 5.56 Å². The quantitative estimate of drug-likeness (QED) is 0.808. The fourth-order valence-corrected chi connectivity index (χ4v) is 2.86. The molecule has 2 aromatic carbocycles. The topological polar surface area (TPSA) is 55.8 Å². The van der Waals surface area contributed by atoms with Crippen LogP contribution in [0.2, 0.25) is 5.02 Å². The van der Waals surface area contributed by atoms with Gasteiger partial charge in [0.15, 0.2) is 11.5 Å². The third-order valence-corrected chi connectivity index (χ3v) is 3.94. The molecule has 0 atom stereocenters. The first-order valence-corrected chi connectivity index (χ1v) is 7.30. The normalized spacial score (nSPS) is 13.3. The van der Waals surface area contributed by atoms with Crippen molar-refractivity contribution in [3.63, 3.8) is 0 Å². The fraction of sp³-hybridized carbons (Fsp3) is 0.176. The van der Waals surface area contributed by atoms with Crippen LogP contribution in [0.25, 0.3) is 0 Å². The van der Waals surface area contributed by atoms with E-state index < -0.39 is 5.91 Å². The zero-order valence-electron chi connectivity index (χ0n) is 12.6. The van der Waals surface area contributed by atoms with Crippen molar-refractivity contribution in [2.45, 2.75) is 6.54 Å². The number of fused-ring (bicyclic) bond motifs is 1. The second-order valence-corrected chi connectivity index (χ2v) is 5.49. The predicted molar refractivity (Wildman–Crippen MR) is 85.2 cm³/mol. The van der Waals surface area contributed by atoms with Gasteiger partial charge in [-0.05, 0) is 29.8 Å². The summed E-state index contributed by atoms with van der Waals surface area (Å²) in [6.45, 7) is 0.151. The van der Waals surface area contributed by atoms with E-state index in [1.54, 1.807) is 30.3 Å². The first-order valence-electron chi connectivity index (χ1n) is 6.92. The van der Waals surface area contributed by atoms with Crippen molar-refractivity contribution in [2.24, 2.45) is 0 Å². The van der Waals surface area contributed by atoms with Gasteiger partial charge < -0.3 is 9.47 Å². The lowest BCUT2D eigenvalue weighted by molar-refractivity contribution is 0.0641. The molecular formula is C17H14ClNO4. The third-order valence-electron chi connectivity index (χ3n) is 3.71. The van der Waals surface area contributed by atoms with Crippen LogP contribution in [0.4, 0.5) is 0 Å². The third kappa shape index (κ3) is 2.53. The van der Waals surface area contributed by atoms with Crippen LogP contribution < -0.4 is 9.47 Å². The molecule has 0 unspecified atom stereocenters. The monoisotopic (exact) mass is 331 g/mol. The Morgan fingerprint density at radius 2 is 1.83 bits per heavy atom. The Labute approximate surface area is 138 Å². The van der Waals surface area contributed by atoms with Crippen molar-refractivity contribution in [1.29, 1.82) is 0 Å². The van der Waals surface area contributed by atoms with Gasteiger partial charge in [-0.3, -0.25) is 14.5 Å². The van der Waals surface area contributed by atoms with Gasteiger partial charge in [0.2, 0.25) is 0 Å². The molecule has 0 spiro atoms. The van der Waals surface area contributed by atoms with E-state index in [4.69, 9.17) is 21.1 Å². The van der Waals surface area contributed by atoms with E-state index in [0.29, 0.717) is 16.3 Å². The maximum Gasteiger partial charge on any atom is 0.265 e. The highest BCUT2D eigenvalue weighted by atomic mass is 35.5. The smallest absolute Gasteiger partial charge is 0.265 e. The van der Waals surface area contributed by atoms with Crippen molar-refractivity contribution in [3.05, 3.63) is 58.1 Å². The second-order valence-electron chi connectivity index (χ2n) is 5.05. The minimum atomic E-state index is -0.402. The minimum Gasteiger partial charge on any atom is -0.493 e. The lowest BCUT2D eigenvalue weighted by atomic mass is 10.1. The molecule has 0 saturated heterocycles. The lowest BCUT2D eigenvalue weighted by Crippen LogP contribution is -2.29. The van der Waals surface area contributed by atoms with Crippen molar-refractivity contribution in [3.8, 4) is 11.5 Å². The van der Waals surface area contributed by atoms with E-state index >= 15 is 0 Å². The number of amides is 2. The number of benzene rings is 2. The molecule has 5 nitrogen and oxygen atoms in total. The van der Waals surface area contributed by atoms with Gasteiger partial charge in [-0.2, -0.15) is 0 Å². The van der Waals surface area contributed by atoms with Crippen LogP contribution in [0.5, 0.6) is 11.5 Å². The van der Waals surface area contributed by atoms with Crippen LogP contribution in [0.3, 0.4) is 0 Å². The van der Waals surface area contributed by atoms with E-state index in [2.05, 4.69) is 0 Å². The van der Waals surface area contributed by atoms with Crippen LogP contribution in [0.15, 0.2) is 36.4 Å². The Hall–Kier alpha value is -2.53. The van der Waals surface area contributed by atoms with Crippen LogP contribution in [0.1, 0.15) is 26.3 Å². The number of carbonyl (C=O) groups excluding carboxylic acids is 2. The molecule has 2 aromatic rings. The molecule has 118 valence electrons. The summed E-state index contributed by atoms with van der Waals surface area (Å²) in [6.07, 6.45) is 0. The van der Waals surface area contributed by atoms with Crippen LogP contribution in [-0.4, -0.2) is 30.9 Å². The van der Waals surface area contributed by atoms with Gasteiger partial charge in [-0.25, -0.2) is 0 Å². The summed E-state index contributed by atoms with van der Waals surface area (Å²) >= 11 is 5.95. The van der Waals surface area contributed by atoms with E-state index in [1.807, 2.05) is 6.07 Å². The fourth-order valence-electron chi connectivity index (χ4n) is 2.65. The zero-order valence-corrected chi connectivity index (χ0v) is 13.4. The van der Waals surface area contributed by atoms with E-state index in [1.165, 1.54) is 19.1 Å². The molecule has 1 aliphatic rings. The van der Waals surface area contributed by atoms with Crippen molar-refractivity contribution in [1.82, 2.24) is 4.90 Å². The summed E-state index contributed by atoms with van der Waals surface area (Å²) in [4.78, 5) is 26.4. The van der Waals surface area contributed by atoms with Gasteiger partial charge in [-0.1, -0.05) is 23.7 Å². The molecule has 6 heteroatoms. The molecule has 0 aliphatic carbocycles. The second kappa shape index (κ2) is 5.93. The van der Waals surface area contributed by atoms with Gasteiger partial charge in [0.1, 0.15) is 0 Å². The minimum absolute atomic E-state index is 0.151. The molecule has 0 aromatic heterocycles. The maximum absolute atomic E-state index is 12.7. The molecule has 0 saturated carbocycles. The van der Waals surface area contributed by atoms with Gasteiger partial charge >= 0.3 is 0 Å². The predicted octanol–water partition coefficient (Wildman–Crippen LogP) is 3.15. The number of hydrogen-bond acceptors (Lipinski definition) is 4. The molecule has 0 bridgehead atoms. The number of nitrogens with zero attached hydrogens (tertiary/aromatic N) is 1. The summed E-state index contributed by atoms with van der Waals surface area (Å²) in [5, 5.41) is 0.554. The average molecular weight is 332 g/mol. The molecule has 1 heterocycles. The summed E-state index contributed by atoms with van der Waals surface area (Å²) in [5.74, 6) is -0.0689. The first-order chi connectivity index (χ1) is 11.1. The van der Waals surface area contributed by atoms with Gasteiger partial charge in [-0.15, -0.1) is 0 Å². The Kier molecular flexibility index (Phi) is 3.96. The molecule has 3 rings (SSSR count). The van der Waals surface area contributed by atoms with Gasteiger partial charge in [0, 0.05) is 5.02 Å². The number of ether oxygens (including phenoxy) is 2. The highest BCUT2D eigenvalue weighted by Gasteiger charge is 2.39. The van der Waals surface area contributed by atoms with Crippen LogP contribution in [0, 0.1) is 0 Å². The number of methoxy groups -OCH3 is 2. The lowest BCUT2D eigenvalue weighted by Gasteiger charge is -2.14. The van der Waals surface area contributed by atoms with Crippen LogP contribution in [-0.2, 0) is 6.54 Å². The summed E-state index contributed by atoms with van der Waals surface area (Å²) in [5.41, 5.74) is 1.33. The maximum atomic E-state index is 12.7. The van der Waals surface area contributed by atoms with Gasteiger partial charge in [0.05, 0.1) is 31.9 Å². The average Bonchev–Trinajstić information content (AvgIpc) is 2.79. The molecule has 0 fully saturated rings. The summed E-state index contributed by atoms with van der Waals surface area (Å²) < 4.78 is 10.5. The molecule has 1 aliphatic heterocycles. The standard InChI is InChI=1S/C17H14ClNO4/c1-22-13-7-6-12-14(15(13)23-2)17(21)19(16(12)20)9-10-4-3-5-11(18)8-10/h3-8H,9H2,1-2H3. The number of rotatable bonds is 4. The molecule has 2 amide bonds. The SMILES string of the molecule is COc1ccc2c(c1OC)C(=O)N(Cc1cccc(Cl)c1)C2=O. The van der Waals surface area contributed by atoms with E-state index in [-0.39, 0.29) is 23.8 Å². The van der Waals surface area contributed by atoms with E-state index in [9.17, 15) is 9.59 Å². The number of carbonyl (C=O) groups is 2. The number of hydrogen-bond donors (Lipinski definition) is 0. The highest BCUT2D eigenvalue weighted by molar-refractivity contribution is 6.30. The number of imide groups is 1.